The van der Waals surface area contributed by atoms with Crippen molar-refractivity contribution in [3.8, 4) is 11.5 Å². The van der Waals surface area contributed by atoms with Gasteiger partial charge < -0.3 is 14.8 Å². The van der Waals surface area contributed by atoms with Crippen molar-refractivity contribution in [3.63, 3.8) is 0 Å². The molecule has 0 aliphatic heterocycles. The van der Waals surface area contributed by atoms with Crippen LogP contribution in [0.5, 0.6) is 11.5 Å². The number of carbonyl (C=O) groups is 1. The predicted octanol–water partition coefficient (Wildman–Crippen LogP) is 3.28. The first-order chi connectivity index (χ1) is 10.1. The van der Waals surface area contributed by atoms with Crippen molar-refractivity contribution in [2.45, 2.75) is 13.0 Å². The Morgan fingerprint density at radius 1 is 1.19 bits per heavy atom. The summed E-state index contributed by atoms with van der Waals surface area (Å²) in [5.74, 6) is 1.22. The molecule has 1 amide bonds. The first kappa shape index (κ1) is 15.7. The molecule has 0 aliphatic rings. The van der Waals surface area contributed by atoms with E-state index >= 15 is 0 Å². The fourth-order valence-corrected chi connectivity index (χ4v) is 2.90. The summed E-state index contributed by atoms with van der Waals surface area (Å²) >= 11 is 7.31. The van der Waals surface area contributed by atoms with Gasteiger partial charge in [-0.25, -0.2) is 0 Å². The summed E-state index contributed by atoms with van der Waals surface area (Å²) in [6, 6.07) is 9.18. The molecule has 0 fully saturated rings. The summed E-state index contributed by atoms with van der Waals surface area (Å²) in [6.45, 7) is 0.490. The number of rotatable bonds is 6. The number of hydrogen-bond donors (Lipinski definition) is 1. The molecule has 21 heavy (non-hydrogen) atoms. The first-order valence-corrected chi connectivity index (χ1v) is 7.53. The molecule has 4 nitrogen and oxygen atoms in total. The van der Waals surface area contributed by atoms with Gasteiger partial charge in [0.15, 0.2) is 11.5 Å². The second-order valence-corrected chi connectivity index (χ2v) is 6.15. The van der Waals surface area contributed by atoms with Crippen LogP contribution in [0.3, 0.4) is 0 Å². The van der Waals surface area contributed by atoms with Crippen LogP contribution in [0.15, 0.2) is 30.3 Å². The van der Waals surface area contributed by atoms with E-state index in [4.69, 9.17) is 21.1 Å². The van der Waals surface area contributed by atoms with E-state index in [0.717, 1.165) is 14.8 Å². The number of ether oxygens (including phenoxy) is 2. The van der Waals surface area contributed by atoms with E-state index in [1.807, 2.05) is 18.2 Å². The zero-order valence-corrected chi connectivity index (χ0v) is 13.4. The highest BCUT2D eigenvalue weighted by molar-refractivity contribution is 7.16. The van der Waals surface area contributed by atoms with Crippen LogP contribution >= 0.6 is 22.9 Å². The van der Waals surface area contributed by atoms with Gasteiger partial charge in [0, 0.05) is 4.88 Å². The molecule has 0 atom stereocenters. The van der Waals surface area contributed by atoms with Crippen LogP contribution in [0.2, 0.25) is 4.34 Å². The van der Waals surface area contributed by atoms with Crippen molar-refractivity contribution in [1.82, 2.24) is 5.32 Å². The molecule has 0 bridgehead atoms. The second-order valence-electron chi connectivity index (χ2n) is 4.35. The number of halogens is 1. The molecule has 2 aromatic rings. The number of benzene rings is 1. The summed E-state index contributed by atoms with van der Waals surface area (Å²) < 4.78 is 11.1. The third kappa shape index (κ3) is 4.37. The molecule has 0 aliphatic carbocycles. The SMILES string of the molecule is COc1ccc(CC(=O)NCc2ccc(Cl)s2)cc1OC. The summed E-state index contributed by atoms with van der Waals surface area (Å²) in [7, 11) is 3.15. The summed E-state index contributed by atoms with van der Waals surface area (Å²) in [5, 5.41) is 2.87. The lowest BCUT2D eigenvalue weighted by molar-refractivity contribution is -0.120. The minimum atomic E-state index is -0.0493. The monoisotopic (exact) mass is 325 g/mol. The molecule has 6 heteroatoms. The zero-order valence-electron chi connectivity index (χ0n) is 11.8. The van der Waals surface area contributed by atoms with Gasteiger partial charge in [-0.05, 0) is 29.8 Å². The number of hydrogen-bond acceptors (Lipinski definition) is 4. The molecule has 0 saturated heterocycles. The number of carbonyl (C=O) groups excluding carboxylic acids is 1. The molecule has 1 aromatic heterocycles. The quantitative estimate of drug-likeness (QED) is 0.886. The predicted molar refractivity (Wildman–Crippen MR) is 84.4 cm³/mol. The maximum Gasteiger partial charge on any atom is 0.224 e. The van der Waals surface area contributed by atoms with Crippen LogP contribution in [0.1, 0.15) is 10.4 Å². The smallest absolute Gasteiger partial charge is 0.224 e. The Bertz CT molecular complexity index is 627. The van der Waals surface area contributed by atoms with E-state index in [1.165, 1.54) is 11.3 Å². The highest BCUT2D eigenvalue weighted by Crippen LogP contribution is 2.27. The Kier molecular flexibility index (Phi) is 5.47. The molecule has 1 aromatic carbocycles. The van der Waals surface area contributed by atoms with Crippen LogP contribution in [-0.2, 0) is 17.8 Å². The Hall–Kier alpha value is -1.72. The molecule has 0 radical (unpaired) electrons. The van der Waals surface area contributed by atoms with E-state index < -0.39 is 0 Å². The Morgan fingerprint density at radius 2 is 1.95 bits per heavy atom. The third-order valence-corrected chi connectivity index (χ3v) is 4.13. The summed E-state index contributed by atoms with van der Waals surface area (Å²) in [4.78, 5) is 13.0. The first-order valence-electron chi connectivity index (χ1n) is 6.34. The van der Waals surface area contributed by atoms with Crippen molar-refractivity contribution in [3.05, 3.63) is 45.1 Å². The van der Waals surface area contributed by atoms with Gasteiger partial charge in [-0.2, -0.15) is 0 Å². The van der Waals surface area contributed by atoms with Crippen molar-refractivity contribution < 1.29 is 14.3 Å². The number of methoxy groups -OCH3 is 2. The van der Waals surface area contributed by atoms with E-state index in [2.05, 4.69) is 5.32 Å². The lowest BCUT2D eigenvalue weighted by Gasteiger charge is -2.09. The highest BCUT2D eigenvalue weighted by atomic mass is 35.5. The zero-order chi connectivity index (χ0) is 15.2. The fraction of sp³-hybridized carbons (Fsp3) is 0.267. The topological polar surface area (TPSA) is 47.6 Å². The van der Waals surface area contributed by atoms with Gasteiger partial charge in [-0.3, -0.25) is 4.79 Å². The number of thiophene rings is 1. The average molecular weight is 326 g/mol. The summed E-state index contributed by atoms with van der Waals surface area (Å²) in [6.07, 6.45) is 0.291. The minimum Gasteiger partial charge on any atom is -0.493 e. The van der Waals surface area contributed by atoms with Gasteiger partial charge in [0.05, 0.1) is 31.5 Å². The number of nitrogens with one attached hydrogen (secondary N) is 1. The van der Waals surface area contributed by atoms with Gasteiger partial charge in [0.1, 0.15) is 0 Å². The molecule has 1 N–H and O–H groups in total. The molecule has 0 unspecified atom stereocenters. The normalized spacial score (nSPS) is 10.2. The van der Waals surface area contributed by atoms with Crippen LogP contribution in [0, 0.1) is 0 Å². The van der Waals surface area contributed by atoms with Gasteiger partial charge >= 0.3 is 0 Å². The average Bonchev–Trinajstić information content (AvgIpc) is 2.90. The number of amides is 1. The Balaban J connectivity index is 1.93. The summed E-state index contributed by atoms with van der Waals surface area (Å²) in [5.41, 5.74) is 0.870. The molecule has 0 spiro atoms. The maximum absolute atomic E-state index is 11.9. The lowest BCUT2D eigenvalue weighted by atomic mass is 10.1. The van der Waals surface area contributed by atoms with E-state index in [-0.39, 0.29) is 5.91 Å². The lowest BCUT2D eigenvalue weighted by Crippen LogP contribution is -2.24. The van der Waals surface area contributed by atoms with Gasteiger partial charge in [0.25, 0.3) is 0 Å². The molecule has 1 heterocycles. The molecular weight excluding hydrogens is 310 g/mol. The standard InChI is InChI=1S/C15H16ClNO3S/c1-19-12-5-3-10(7-13(12)20-2)8-15(18)17-9-11-4-6-14(16)21-11/h3-7H,8-9H2,1-2H3,(H,17,18). The van der Waals surface area contributed by atoms with Crippen molar-refractivity contribution in [2.75, 3.05) is 14.2 Å². The fourth-order valence-electron chi connectivity index (χ4n) is 1.87. The highest BCUT2D eigenvalue weighted by Gasteiger charge is 2.08. The van der Waals surface area contributed by atoms with Crippen molar-refractivity contribution in [1.29, 1.82) is 0 Å². The van der Waals surface area contributed by atoms with E-state index in [0.29, 0.717) is 24.5 Å². The largest absolute Gasteiger partial charge is 0.493 e. The van der Waals surface area contributed by atoms with Crippen LogP contribution in [0.25, 0.3) is 0 Å². The van der Waals surface area contributed by atoms with Gasteiger partial charge in [-0.15, -0.1) is 11.3 Å². The van der Waals surface area contributed by atoms with Gasteiger partial charge in [0.2, 0.25) is 5.91 Å². The third-order valence-electron chi connectivity index (χ3n) is 2.90. The molecular formula is C15H16ClNO3S. The van der Waals surface area contributed by atoms with Crippen LogP contribution < -0.4 is 14.8 Å². The van der Waals surface area contributed by atoms with Crippen LogP contribution in [0.4, 0.5) is 0 Å². The van der Waals surface area contributed by atoms with E-state index in [1.54, 1.807) is 26.4 Å². The second kappa shape index (κ2) is 7.33. The van der Waals surface area contributed by atoms with Crippen molar-refractivity contribution in [2.24, 2.45) is 0 Å². The van der Waals surface area contributed by atoms with Crippen LogP contribution in [-0.4, -0.2) is 20.1 Å². The maximum atomic E-state index is 11.9. The molecule has 2 rings (SSSR count). The van der Waals surface area contributed by atoms with Crippen molar-refractivity contribution >= 4 is 28.8 Å². The van der Waals surface area contributed by atoms with E-state index in [9.17, 15) is 4.79 Å². The van der Waals surface area contributed by atoms with Gasteiger partial charge in [-0.1, -0.05) is 17.7 Å². The Morgan fingerprint density at radius 3 is 2.57 bits per heavy atom. The minimum absolute atomic E-state index is 0.0493. The molecule has 0 saturated carbocycles. The Labute approximate surface area is 132 Å². The molecule has 112 valence electrons.